The number of hydrogen-bond acceptors (Lipinski definition) is 4. The molecule has 5 nitrogen and oxygen atoms in total. The fourth-order valence-corrected chi connectivity index (χ4v) is 2.08. The van der Waals surface area contributed by atoms with Crippen LogP contribution in [0.25, 0.3) is 11.2 Å². The number of rotatable bonds is 2. The Morgan fingerprint density at radius 2 is 2.47 bits per heavy atom. The van der Waals surface area contributed by atoms with E-state index in [2.05, 4.69) is 25.5 Å². The summed E-state index contributed by atoms with van der Waals surface area (Å²) in [6, 6.07) is 2.47. The van der Waals surface area contributed by atoms with Crippen molar-refractivity contribution in [3.05, 3.63) is 18.1 Å². The van der Waals surface area contributed by atoms with Crippen LogP contribution >= 0.6 is 0 Å². The first kappa shape index (κ1) is 8.79. The van der Waals surface area contributed by atoms with E-state index in [0.717, 1.165) is 24.3 Å². The van der Waals surface area contributed by atoms with Crippen LogP contribution in [-0.4, -0.2) is 32.8 Å². The average Bonchev–Trinajstić information content (AvgIpc) is 2.86. The van der Waals surface area contributed by atoms with E-state index in [0.29, 0.717) is 11.7 Å². The summed E-state index contributed by atoms with van der Waals surface area (Å²) in [6.45, 7) is 1.13. The third-order valence-electron chi connectivity index (χ3n) is 2.82. The maximum Gasteiger partial charge on any atom is 0.199 e. The summed E-state index contributed by atoms with van der Waals surface area (Å²) in [4.78, 5) is 7.68. The van der Waals surface area contributed by atoms with Crippen molar-refractivity contribution < 1.29 is 0 Å². The van der Waals surface area contributed by atoms with Crippen LogP contribution in [0.4, 0.5) is 0 Å². The van der Waals surface area contributed by atoms with E-state index in [9.17, 15) is 0 Å². The molecule has 1 atom stereocenters. The first-order valence-electron chi connectivity index (χ1n) is 5.31. The predicted octanol–water partition coefficient (Wildman–Crippen LogP) is 0.647. The van der Waals surface area contributed by atoms with Crippen LogP contribution in [0, 0.1) is 0 Å². The van der Waals surface area contributed by atoms with Gasteiger partial charge in [-0.05, 0) is 25.5 Å². The number of aromatic nitrogens is 4. The fourth-order valence-electron chi connectivity index (χ4n) is 2.08. The van der Waals surface area contributed by atoms with E-state index in [-0.39, 0.29) is 0 Å². The van der Waals surface area contributed by atoms with Crippen LogP contribution in [0.3, 0.4) is 0 Å². The van der Waals surface area contributed by atoms with Gasteiger partial charge in [0.1, 0.15) is 5.82 Å². The Labute approximate surface area is 87.3 Å². The smallest absolute Gasteiger partial charge is 0.199 e. The van der Waals surface area contributed by atoms with Crippen molar-refractivity contribution in [2.75, 3.05) is 6.54 Å². The van der Waals surface area contributed by atoms with Crippen LogP contribution in [0.2, 0.25) is 0 Å². The Bertz CT molecular complexity index is 425. The van der Waals surface area contributed by atoms with Crippen molar-refractivity contribution >= 4 is 11.2 Å². The number of fused-ring (bicyclic) bond motifs is 1. The van der Waals surface area contributed by atoms with E-state index >= 15 is 0 Å². The highest BCUT2D eigenvalue weighted by molar-refractivity contribution is 5.69. The molecule has 5 heteroatoms. The molecule has 15 heavy (non-hydrogen) atoms. The number of imidazole rings is 1. The highest BCUT2D eigenvalue weighted by Gasteiger charge is 2.16. The molecule has 3 heterocycles. The lowest BCUT2D eigenvalue weighted by Crippen LogP contribution is -2.24. The molecule has 0 bridgehead atoms. The molecule has 3 rings (SSSR count). The van der Waals surface area contributed by atoms with Crippen LogP contribution in [-0.2, 0) is 6.42 Å². The van der Waals surface area contributed by atoms with E-state index in [1.807, 2.05) is 6.07 Å². The minimum Gasteiger partial charge on any atom is -0.340 e. The van der Waals surface area contributed by atoms with Crippen molar-refractivity contribution in [1.82, 2.24) is 25.5 Å². The molecule has 2 aromatic heterocycles. The number of aromatic amines is 1. The van der Waals surface area contributed by atoms with Gasteiger partial charge in [-0.15, -0.1) is 5.10 Å². The molecule has 1 aliphatic heterocycles. The number of H-pyrrole nitrogens is 1. The second-order valence-corrected chi connectivity index (χ2v) is 3.95. The van der Waals surface area contributed by atoms with Gasteiger partial charge in [0.25, 0.3) is 0 Å². The van der Waals surface area contributed by atoms with Gasteiger partial charge in [0.2, 0.25) is 0 Å². The molecule has 0 saturated carbocycles. The SMILES string of the molecule is c1cc2[nH]c(CC3CCCN3)nc2nn1. The lowest BCUT2D eigenvalue weighted by molar-refractivity contribution is 0.589. The molecule has 1 fully saturated rings. The highest BCUT2D eigenvalue weighted by atomic mass is 15.1. The zero-order valence-electron chi connectivity index (χ0n) is 8.40. The Kier molecular flexibility index (Phi) is 2.10. The summed E-state index contributed by atoms with van der Waals surface area (Å²) in [5.74, 6) is 1.00. The predicted molar refractivity (Wildman–Crippen MR) is 56.4 cm³/mol. The monoisotopic (exact) mass is 203 g/mol. The van der Waals surface area contributed by atoms with E-state index in [1.54, 1.807) is 6.20 Å². The highest BCUT2D eigenvalue weighted by Crippen LogP contribution is 2.12. The number of hydrogen-bond donors (Lipinski definition) is 2. The summed E-state index contributed by atoms with van der Waals surface area (Å²) in [7, 11) is 0. The summed E-state index contributed by atoms with van der Waals surface area (Å²) >= 11 is 0. The molecule has 2 aromatic rings. The van der Waals surface area contributed by atoms with Crippen molar-refractivity contribution in [3.8, 4) is 0 Å². The standard InChI is InChI=1S/C10H13N5/c1-2-7(11-4-1)6-9-13-8-3-5-12-15-10(8)14-9/h3,5,7,11H,1-2,4,6H2,(H,13,14,15). The van der Waals surface area contributed by atoms with Crippen molar-refractivity contribution in [2.45, 2.75) is 25.3 Å². The topological polar surface area (TPSA) is 66.5 Å². The van der Waals surface area contributed by atoms with Gasteiger partial charge in [0.05, 0.1) is 11.7 Å². The molecular weight excluding hydrogens is 190 g/mol. The Morgan fingerprint density at radius 3 is 3.27 bits per heavy atom. The molecule has 0 aliphatic carbocycles. The van der Waals surface area contributed by atoms with Crippen molar-refractivity contribution in [3.63, 3.8) is 0 Å². The van der Waals surface area contributed by atoms with Gasteiger partial charge in [-0.3, -0.25) is 0 Å². The number of nitrogens with zero attached hydrogens (tertiary/aromatic N) is 3. The molecule has 0 aromatic carbocycles. The van der Waals surface area contributed by atoms with Gasteiger partial charge in [0.15, 0.2) is 5.65 Å². The maximum atomic E-state index is 4.41. The summed E-state index contributed by atoms with van der Waals surface area (Å²) in [5.41, 5.74) is 1.68. The van der Waals surface area contributed by atoms with E-state index in [4.69, 9.17) is 0 Å². The molecular formula is C10H13N5. The molecule has 1 saturated heterocycles. The van der Waals surface area contributed by atoms with Gasteiger partial charge < -0.3 is 10.3 Å². The zero-order valence-corrected chi connectivity index (χ0v) is 8.40. The Morgan fingerprint density at radius 1 is 1.47 bits per heavy atom. The Balaban J connectivity index is 1.84. The third-order valence-corrected chi connectivity index (χ3v) is 2.82. The summed E-state index contributed by atoms with van der Waals surface area (Å²) in [5, 5.41) is 11.2. The third kappa shape index (κ3) is 1.70. The molecule has 1 unspecified atom stereocenters. The second-order valence-electron chi connectivity index (χ2n) is 3.95. The molecule has 1 aliphatic rings. The second kappa shape index (κ2) is 3.58. The summed E-state index contributed by atoms with van der Waals surface area (Å²) < 4.78 is 0. The lowest BCUT2D eigenvalue weighted by Gasteiger charge is -2.06. The lowest BCUT2D eigenvalue weighted by atomic mass is 10.1. The average molecular weight is 203 g/mol. The summed E-state index contributed by atoms with van der Waals surface area (Å²) in [6.07, 6.45) is 5.14. The van der Waals surface area contributed by atoms with Crippen LogP contribution in [0.5, 0.6) is 0 Å². The largest absolute Gasteiger partial charge is 0.340 e. The fraction of sp³-hybridized carbons (Fsp3) is 0.500. The molecule has 78 valence electrons. The Hall–Kier alpha value is -1.49. The van der Waals surface area contributed by atoms with Gasteiger partial charge in [-0.25, -0.2) is 4.98 Å². The van der Waals surface area contributed by atoms with Crippen LogP contribution in [0.15, 0.2) is 12.3 Å². The first-order chi connectivity index (χ1) is 7.42. The van der Waals surface area contributed by atoms with Gasteiger partial charge >= 0.3 is 0 Å². The normalized spacial score (nSPS) is 21.2. The molecule has 0 spiro atoms. The van der Waals surface area contributed by atoms with Crippen molar-refractivity contribution in [2.24, 2.45) is 0 Å². The first-order valence-corrected chi connectivity index (χ1v) is 5.31. The minimum atomic E-state index is 0.568. The van der Waals surface area contributed by atoms with Gasteiger partial charge in [-0.2, -0.15) is 5.10 Å². The molecule has 0 amide bonds. The number of nitrogens with one attached hydrogen (secondary N) is 2. The zero-order chi connectivity index (χ0) is 10.1. The van der Waals surface area contributed by atoms with E-state index in [1.165, 1.54) is 12.8 Å². The van der Waals surface area contributed by atoms with Crippen molar-refractivity contribution in [1.29, 1.82) is 0 Å². The van der Waals surface area contributed by atoms with Crippen LogP contribution in [0.1, 0.15) is 18.7 Å². The van der Waals surface area contributed by atoms with Gasteiger partial charge in [0, 0.05) is 12.5 Å². The van der Waals surface area contributed by atoms with Crippen LogP contribution < -0.4 is 5.32 Å². The minimum absolute atomic E-state index is 0.568. The maximum absolute atomic E-state index is 4.41. The molecule has 2 N–H and O–H groups in total. The van der Waals surface area contributed by atoms with Gasteiger partial charge in [-0.1, -0.05) is 0 Å². The van der Waals surface area contributed by atoms with E-state index < -0.39 is 0 Å². The molecule has 0 radical (unpaired) electrons. The quantitative estimate of drug-likeness (QED) is 0.752.